The summed E-state index contributed by atoms with van der Waals surface area (Å²) in [6, 6.07) is 0. The van der Waals surface area contributed by atoms with Gasteiger partial charge in [0, 0.05) is 12.8 Å². The molecule has 100 valence electrons. The largest absolute Gasteiger partial charge is 0.465 e. The molecule has 0 saturated heterocycles. The number of esters is 1. The number of ether oxygens (including phenoxy) is 2. The van der Waals surface area contributed by atoms with Gasteiger partial charge in [0.05, 0.1) is 7.11 Å². The van der Waals surface area contributed by atoms with Crippen LogP contribution < -0.4 is 5.73 Å². The maximum absolute atomic E-state index is 11.4. The van der Waals surface area contributed by atoms with Gasteiger partial charge in [0.1, 0.15) is 17.0 Å². The number of rotatable bonds is 5. The van der Waals surface area contributed by atoms with Crippen LogP contribution in [0.1, 0.15) is 43.4 Å². The Labute approximate surface area is 107 Å². The molecule has 1 atom stereocenters. The molecule has 0 aromatic carbocycles. The number of methoxy groups -OCH3 is 1. The predicted octanol–water partition coefficient (Wildman–Crippen LogP) is 1.51. The fourth-order valence-corrected chi connectivity index (χ4v) is 1.56. The number of carbonyl (C=O) groups excluding carboxylic acids is 1. The van der Waals surface area contributed by atoms with Crippen LogP contribution in [0.2, 0.25) is 0 Å². The highest BCUT2D eigenvalue weighted by molar-refractivity contribution is 5.93. The van der Waals surface area contributed by atoms with E-state index in [0.29, 0.717) is 18.9 Å². The number of aromatic nitrogens is 2. The average Bonchev–Trinajstić information content (AvgIpc) is 2.37. The molecular formula is C12H19N3O3. The summed E-state index contributed by atoms with van der Waals surface area (Å²) in [4.78, 5) is 19.7. The van der Waals surface area contributed by atoms with Gasteiger partial charge in [-0.3, -0.25) is 0 Å². The molecule has 0 amide bonds. The van der Waals surface area contributed by atoms with Gasteiger partial charge in [-0.2, -0.15) is 0 Å². The highest BCUT2D eigenvalue weighted by Crippen LogP contribution is 2.26. The number of carbonyl (C=O) groups is 1. The SMILES string of the molecule is CCOC(C)(CC)c1ncc(C(=O)OC)c(N)n1. The normalized spacial score (nSPS) is 14.0. The van der Waals surface area contributed by atoms with Crippen molar-refractivity contribution in [3.63, 3.8) is 0 Å². The maximum Gasteiger partial charge on any atom is 0.343 e. The van der Waals surface area contributed by atoms with Gasteiger partial charge in [0.2, 0.25) is 0 Å². The molecule has 1 unspecified atom stereocenters. The molecule has 6 nitrogen and oxygen atoms in total. The fraction of sp³-hybridized carbons (Fsp3) is 0.583. The molecule has 0 bridgehead atoms. The van der Waals surface area contributed by atoms with Crippen LogP contribution in [0.15, 0.2) is 6.20 Å². The van der Waals surface area contributed by atoms with Gasteiger partial charge < -0.3 is 15.2 Å². The third-order valence-corrected chi connectivity index (χ3v) is 2.83. The molecule has 0 aliphatic heterocycles. The van der Waals surface area contributed by atoms with Crippen molar-refractivity contribution < 1.29 is 14.3 Å². The van der Waals surface area contributed by atoms with E-state index in [4.69, 9.17) is 10.5 Å². The molecule has 0 aliphatic rings. The molecule has 6 heteroatoms. The number of hydrogen-bond acceptors (Lipinski definition) is 6. The zero-order valence-corrected chi connectivity index (χ0v) is 11.2. The zero-order chi connectivity index (χ0) is 13.8. The molecule has 1 rings (SSSR count). The fourth-order valence-electron chi connectivity index (χ4n) is 1.56. The number of anilines is 1. The molecule has 1 heterocycles. The Morgan fingerprint density at radius 1 is 1.50 bits per heavy atom. The lowest BCUT2D eigenvalue weighted by molar-refractivity contribution is -0.0389. The lowest BCUT2D eigenvalue weighted by Crippen LogP contribution is -2.28. The van der Waals surface area contributed by atoms with E-state index in [-0.39, 0.29) is 11.4 Å². The number of nitrogens with two attached hydrogens (primary N) is 1. The van der Waals surface area contributed by atoms with E-state index in [9.17, 15) is 4.79 Å². The van der Waals surface area contributed by atoms with E-state index < -0.39 is 11.6 Å². The highest BCUT2D eigenvalue weighted by atomic mass is 16.5. The standard InChI is InChI=1S/C12H19N3O3/c1-5-12(3,18-6-2)11-14-7-8(9(13)15-11)10(16)17-4/h7H,5-6H2,1-4H3,(H2,13,14,15). The molecule has 1 aromatic rings. The van der Waals surface area contributed by atoms with Crippen molar-refractivity contribution in [3.05, 3.63) is 17.6 Å². The topological polar surface area (TPSA) is 87.3 Å². The van der Waals surface area contributed by atoms with Gasteiger partial charge in [-0.15, -0.1) is 0 Å². The van der Waals surface area contributed by atoms with E-state index >= 15 is 0 Å². The minimum atomic E-state index is -0.600. The molecule has 1 aromatic heterocycles. The van der Waals surface area contributed by atoms with Gasteiger partial charge in [-0.1, -0.05) is 6.92 Å². The first-order chi connectivity index (χ1) is 8.48. The second-order valence-electron chi connectivity index (χ2n) is 4.00. The van der Waals surface area contributed by atoms with Crippen LogP contribution in [0, 0.1) is 0 Å². The molecule has 0 fully saturated rings. The summed E-state index contributed by atoms with van der Waals surface area (Å²) in [5.74, 6) is 0.0249. The third kappa shape index (κ3) is 2.76. The Hall–Kier alpha value is -1.69. The van der Waals surface area contributed by atoms with E-state index in [0.717, 1.165) is 0 Å². The predicted molar refractivity (Wildman–Crippen MR) is 67.1 cm³/mol. The van der Waals surface area contributed by atoms with Gasteiger partial charge in [-0.25, -0.2) is 14.8 Å². The van der Waals surface area contributed by atoms with Crippen molar-refractivity contribution in [2.45, 2.75) is 32.8 Å². The summed E-state index contributed by atoms with van der Waals surface area (Å²) < 4.78 is 10.2. The Balaban J connectivity index is 3.13. The molecule has 18 heavy (non-hydrogen) atoms. The molecule has 2 N–H and O–H groups in total. The number of nitrogens with zero attached hydrogens (tertiary/aromatic N) is 2. The van der Waals surface area contributed by atoms with E-state index in [1.165, 1.54) is 13.3 Å². The second kappa shape index (κ2) is 5.77. The van der Waals surface area contributed by atoms with Gasteiger partial charge in [0.25, 0.3) is 0 Å². The van der Waals surface area contributed by atoms with Crippen molar-refractivity contribution >= 4 is 11.8 Å². The van der Waals surface area contributed by atoms with Crippen LogP contribution in [0.3, 0.4) is 0 Å². The van der Waals surface area contributed by atoms with E-state index in [1.54, 1.807) is 0 Å². The van der Waals surface area contributed by atoms with Crippen LogP contribution in [0.4, 0.5) is 5.82 Å². The average molecular weight is 253 g/mol. The first-order valence-corrected chi connectivity index (χ1v) is 5.83. The Morgan fingerprint density at radius 2 is 2.17 bits per heavy atom. The summed E-state index contributed by atoms with van der Waals surface area (Å²) in [6.07, 6.45) is 2.08. The highest BCUT2D eigenvalue weighted by Gasteiger charge is 2.29. The number of hydrogen-bond donors (Lipinski definition) is 1. The van der Waals surface area contributed by atoms with Crippen LogP contribution in [0.5, 0.6) is 0 Å². The van der Waals surface area contributed by atoms with E-state index in [1.807, 2.05) is 20.8 Å². The maximum atomic E-state index is 11.4. The molecule has 0 radical (unpaired) electrons. The molecule has 0 saturated carbocycles. The minimum absolute atomic E-state index is 0.103. The molecule has 0 spiro atoms. The first-order valence-electron chi connectivity index (χ1n) is 5.83. The summed E-state index contributed by atoms with van der Waals surface area (Å²) >= 11 is 0. The van der Waals surface area contributed by atoms with E-state index in [2.05, 4.69) is 14.7 Å². The smallest absolute Gasteiger partial charge is 0.343 e. The van der Waals surface area contributed by atoms with Gasteiger partial charge in [-0.05, 0) is 20.3 Å². The van der Waals surface area contributed by atoms with Crippen molar-refractivity contribution in [3.8, 4) is 0 Å². The van der Waals surface area contributed by atoms with Crippen molar-refractivity contribution in [1.29, 1.82) is 0 Å². The van der Waals surface area contributed by atoms with Crippen molar-refractivity contribution in [2.75, 3.05) is 19.5 Å². The monoisotopic (exact) mass is 253 g/mol. The zero-order valence-electron chi connectivity index (χ0n) is 11.2. The number of nitrogen functional groups attached to an aromatic ring is 1. The van der Waals surface area contributed by atoms with Crippen LogP contribution in [-0.2, 0) is 15.1 Å². The minimum Gasteiger partial charge on any atom is -0.465 e. The van der Waals surface area contributed by atoms with Gasteiger partial charge >= 0.3 is 5.97 Å². The van der Waals surface area contributed by atoms with Crippen LogP contribution in [-0.4, -0.2) is 29.7 Å². The lowest BCUT2D eigenvalue weighted by atomic mass is 10.0. The summed E-state index contributed by atoms with van der Waals surface area (Å²) in [5.41, 5.74) is 5.30. The van der Waals surface area contributed by atoms with Crippen LogP contribution >= 0.6 is 0 Å². The summed E-state index contributed by atoms with van der Waals surface area (Å²) in [7, 11) is 1.28. The second-order valence-corrected chi connectivity index (χ2v) is 4.00. The lowest BCUT2D eigenvalue weighted by Gasteiger charge is -2.26. The Bertz CT molecular complexity index is 437. The Morgan fingerprint density at radius 3 is 2.61 bits per heavy atom. The van der Waals surface area contributed by atoms with Crippen molar-refractivity contribution in [2.24, 2.45) is 0 Å². The Kier molecular flexibility index (Phi) is 4.61. The van der Waals surface area contributed by atoms with Crippen molar-refractivity contribution in [1.82, 2.24) is 9.97 Å². The third-order valence-electron chi connectivity index (χ3n) is 2.83. The summed E-state index contributed by atoms with van der Waals surface area (Å²) in [5, 5.41) is 0. The molecule has 0 aliphatic carbocycles. The van der Waals surface area contributed by atoms with Crippen LogP contribution in [0.25, 0.3) is 0 Å². The molecular weight excluding hydrogens is 234 g/mol. The van der Waals surface area contributed by atoms with Gasteiger partial charge in [0.15, 0.2) is 5.82 Å². The quantitative estimate of drug-likeness (QED) is 0.800. The first kappa shape index (κ1) is 14.4. The summed E-state index contributed by atoms with van der Waals surface area (Å²) in [6.45, 7) is 6.32.